The monoisotopic (exact) mass is 998 g/mol. The van der Waals surface area contributed by atoms with Gasteiger partial charge in [-0.15, -0.1) is 5.11 Å². The minimum atomic E-state index is -5.16. The number of benzene rings is 6. The van der Waals surface area contributed by atoms with Crippen molar-refractivity contribution in [1.82, 2.24) is 0 Å². The fourth-order valence-corrected chi connectivity index (χ4v) is 8.39. The molecule has 0 aliphatic rings. The molecule has 6 aromatic rings. The van der Waals surface area contributed by atoms with Gasteiger partial charge < -0.3 is 29.9 Å². The second kappa shape index (κ2) is 23.1. The largest absolute Gasteiger partial charge is 1.00 e. The number of fused-ring (bicyclic) bond motifs is 2. The molecule has 20 heteroatoms. The standard InChI is InChI=1S/C49H54N4O12S2.2Na/c1-8-48(4,5)30-16-21-41(38(24-30)49(6,7)9-2)64-23-13-12-22-50-47(57)37-27-42(34-14-10-11-15-35(34)46(37)56)65-32-19-17-31(18-20-32)52-53-45-36-25-33(66(58,59)60)26-40(55)44(36)39(51-29(3)54)28-43(45)67(61,62)63;;/h10-11,14-21,24-28,55-56H,8-9,12-13,22-23H2,1-7H3,(H,50,57)(H,51,54)(H,58,59,60)(H,61,62,63);;/q;2*+1/p-2. The van der Waals surface area contributed by atoms with Crippen molar-refractivity contribution in [2.24, 2.45) is 20.2 Å². The number of hydrogen-bond donors (Lipinski definition) is 4. The molecule has 6 rings (SSSR count). The zero-order chi connectivity index (χ0) is 49.1. The van der Waals surface area contributed by atoms with E-state index in [1.54, 1.807) is 24.3 Å². The van der Waals surface area contributed by atoms with Crippen LogP contribution in [0.3, 0.4) is 0 Å². The van der Waals surface area contributed by atoms with Crippen LogP contribution in [-0.2, 0) is 31.1 Å². The Balaban J connectivity index is 0.00000518. The van der Waals surface area contributed by atoms with Gasteiger partial charge in [-0.25, -0.2) is 0 Å². The van der Waals surface area contributed by atoms with Gasteiger partial charge >= 0.3 is 59.1 Å². The fraction of sp³-hybridized carbons (Fsp3) is 0.306. The third-order valence-corrected chi connectivity index (χ3v) is 13.5. The summed E-state index contributed by atoms with van der Waals surface area (Å²) in [5.41, 5.74) is 1.37. The van der Waals surface area contributed by atoms with Gasteiger partial charge in [-0.3, -0.25) is 19.1 Å². The molecule has 0 heterocycles. The van der Waals surface area contributed by atoms with Gasteiger partial charge in [0.2, 0.25) is 5.90 Å². The minimum absolute atomic E-state index is 0. The first kappa shape index (κ1) is 57.0. The van der Waals surface area contributed by atoms with Gasteiger partial charge in [-0.2, -0.15) is 21.9 Å². The molecule has 0 aromatic heterocycles. The van der Waals surface area contributed by atoms with E-state index in [0.29, 0.717) is 36.3 Å². The van der Waals surface area contributed by atoms with Crippen LogP contribution < -0.4 is 78.8 Å². The molecule has 354 valence electrons. The number of ether oxygens (including phenoxy) is 2. The van der Waals surface area contributed by atoms with Crippen molar-refractivity contribution in [3.05, 3.63) is 108 Å². The van der Waals surface area contributed by atoms with Gasteiger partial charge in [0.25, 0.3) is 20.2 Å². The molecular formula is C49H52N4Na2O12S2. The summed E-state index contributed by atoms with van der Waals surface area (Å²) >= 11 is 0. The van der Waals surface area contributed by atoms with Gasteiger partial charge in [0, 0.05) is 33.7 Å². The van der Waals surface area contributed by atoms with Crippen LogP contribution in [0.15, 0.2) is 121 Å². The number of hydrogen-bond acceptors (Lipinski definition) is 13. The van der Waals surface area contributed by atoms with Crippen molar-refractivity contribution in [1.29, 1.82) is 0 Å². The van der Waals surface area contributed by atoms with Crippen LogP contribution >= 0.6 is 0 Å². The van der Waals surface area contributed by atoms with Crippen molar-refractivity contribution in [2.45, 2.75) is 94.8 Å². The maximum Gasteiger partial charge on any atom is 1.00 e. The molecule has 0 aliphatic heterocycles. The van der Waals surface area contributed by atoms with Gasteiger partial charge in [-0.05, 0) is 109 Å². The van der Waals surface area contributed by atoms with Crippen LogP contribution in [0.5, 0.6) is 28.7 Å². The number of azo groups is 1. The van der Waals surface area contributed by atoms with Crippen LogP contribution in [0.1, 0.15) is 90.8 Å². The Morgan fingerprint density at radius 2 is 1.41 bits per heavy atom. The Bertz CT molecular complexity index is 3170. The molecule has 0 bridgehead atoms. The molecule has 16 nitrogen and oxygen atoms in total. The second-order valence-electron chi connectivity index (χ2n) is 17.2. The molecule has 4 N–H and O–H groups in total. The Hall–Kier alpha value is -4.60. The summed E-state index contributed by atoms with van der Waals surface area (Å²) in [5, 5.41) is 55.4. The predicted octanol–water partition coefficient (Wildman–Crippen LogP) is 4.43. The maximum absolute atomic E-state index is 13.1. The molecule has 6 aromatic carbocycles. The van der Waals surface area contributed by atoms with E-state index < -0.39 is 69.7 Å². The summed E-state index contributed by atoms with van der Waals surface area (Å²) < 4.78 is 81.5. The number of phenolic OH excluding ortho intramolecular Hbond substituents is 1. The number of rotatable bonds is 18. The predicted molar refractivity (Wildman–Crippen MR) is 254 cm³/mol. The Kier molecular flexibility index (Phi) is 19.1. The molecule has 0 fully saturated rings. The van der Waals surface area contributed by atoms with Gasteiger partial charge in [0.1, 0.15) is 33.6 Å². The number of nitrogens with zero attached hydrogens (tertiary/aromatic N) is 4. The third kappa shape index (κ3) is 13.4. The Labute approximate surface area is 446 Å². The smallest absolute Gasteiger partial charge is 0.872 e. The quantitative estimate of drug-likeness (QED) is 0.0233. The summed E-state index contributed by atoms with van der Waals surface area (Å²) in [5.74, 6) is -1.10. The average Bonchev–Trinajstić information content (AvgIpc) is 3.27. The minimum Gasteiger partial charge on any atom is -0.872 e. The summed E-state index contributed by atoms with van der Waals surface area (Å²) in [6, 6.07) is 22.7. The first-order chi connectivity index (χ1) is 31.4. The van der Waals surface area contributed by atoms with Crippen LogP contribution in [0.2, 0.25) is 0 Å². The summed E-state index contributed by atoms with van der Waals surface area (Å²) in [6.45, 7) is 15.0. The Morgan fingerprint density at radius 3 is 2.01 bits per heavy atom. The summed E-state index contributed by atoms with van der Waals surface area (Å²) in [4.78, 5) is 6.15. The van der Waals surface area contributed by atoms with Crippen molar-refractivity contribution < 1.29 is 115 Å². The normalized spacial score (nSPS) is 12.8. The maximum atomic E-state index is 13.1. The van der Waals surface area contributed by atoms with Crippen LogP contribution in [0.25, 0.3) is 21.5 Å². The zero-order valence-electron chi connectivity index (χ0n) is 40.1. The van der Waals surface area contributed by atoms with Gasteiger partial charge in [0.15, 0.2) is 0 Å². The number of aliphatic hydroxyl groups is 1. The van der Waals surface area contributed by atoms with Crippen LogP contribution in [-0.4, -0.2) is 61.1 Å². The molecule has 0 unspecified atom stereocenters. The molecule has 0 spiro atoms. The summed E-state index contributed by atoms with van der Waals surface area (Å²) in [7, 11) is -10.2. The molecular weight excluding hydrogens is 947 g/mol. The Morgan fingerprint density at radius 1 is 0.754 bits per heavy atom. The number of unbranched alkanes of at least 4 members (excludes halogenated alkanes) is 1. The third-order valence-electron chi connectivity index (χ3n) is 11.8. The SMILES string of the molecule is CCC(C)(C)c1ccc(OCCCCN=C(O)c2cc(Oc3ccc(N=Nc4c(S(=O)(=O)O)cc(N=C(C)[O-])c5c([O-])cc(S(=O)(=O)O)cc45)cc3)c3ccccc3c2O)c(C(C)(C)CC)c1.[Na+].[Na+]. The van der Waals surface area contributed by atoms with Crippen LogP contribution in [0, 0.1) is 0 Å². The van der Waals surface area contributed by atoms with E-state index in [9.17, 15) is 46.4 Å². The van der Waals surface area contributed by atoms with Crippen molar-refractivity contribution in [2.75, 3.05) is 13.2 Å². The van der Waals surface area contributed by atoms with Crippen molar-refractivity contribution in [3.8, 4) is 28.7 Å². The number of phenols is 1. The van der Waals surface area contributed by atoms with E-state index in [4.69, 9.17) is 9.47 Å². The average molecular weight is 999 g/mol. The molecule has 0 atom stereocenters. The fourth-order valence-electron chi connectivity index (χ4n) is 7.21. The van der Waals surface area contributed by atoms with Gasteiger partial charge in [-0.1, -0.05) is 83.7 Å². The number of aliphatic imine (C=N–C) groups is 2. The molecule has 0 aliphatic carbocycles. The second-order valence-corrected chi connectivity index (χ2v) is 20.0. The number of aliphatic hydroxyl groups excluding tert-OH is 1. The van der Waals surface area contributed by atoms with E-state index in [1.807, 2.05) is 0 Å². The molecule has 0 saturated heterocycles. The zero-order valence-corrected chi connectivity index (χ0v) is 45.7. The topological polar surface area (TPSA) is 263 Å². The van der Waals surface area contributed by atoms with E-state index in [1.165, 1.54) is 41.5 Å². The van der Waals surface area contributed by atoms with Crippen molar-refractivity contribution in [3.63, 3.8) is 0 Å². The first-order valence-electron chi connectivity index (χ1n) is 21.4. The molecule has 0 amide bonds. The van der Waals surface area contributed by atoms with Crippen molar-refractivity contribution >= 4 is 70.6 Å². The molecule has 0 radical (unpaired) electrons. The van der Waals surface area contributed by atoms with Gasteiger partial charge in [0.05, 0.1) is 28.4 Å². The first-order valence-corrected chi connectivity index (χ1v) is 24.3. The van der Waals surface area contributed by atoms with E-state index in [2.05, 4.69) is 80.0 Å². The van der Waals surface area contributed by atoms with E-state index in [0.717, 1.165) is 37.6 Å². The molecule has 69 heavy (non-hydrogen) atoms. The van der Waals surface area contributed by atoms with E-state index >= 15 is 0 Å². The van der Waals surface area contributed by atoms with Crippen LogP contribution in [0.4, 0.5) is 17.1 Å². The van der Waals surface area contributed by atoms with E-state index in [-0.39, 0.29) is 105 Å². The molecule has 0 saturated carbocycles. The number of aromatic hydroxyl groups is 1. The summed E-state index contributed by atoms with van der Waals surface area (Å²) in [6.07, 6.45) is 3.22.